The van der Waals surface area contributed by atoms with Gasteiger partial charge in [0.05, 0.1) is 0 Å². The van der Waals surface area contributed by atoms with Gasteiger partial charge in [0, 0.05) is 22.8 Å². The molecule has 3 amide bonds. The Labute approximate surface area is 176 Å². The number of hydrogen-bond donors (Lipinski definition) is 2. The summed E-state index contributed by atoms with van der Waals surface area (Å²) in [6.07, 6.45) is 1.38. The van der Waals surface area contributed by atoms with E-state index >= 15 is 0 Å². The first-order chi connectivity index (χ1) is 14.1. The highest BCUT2D eigenvalue weighted by atomic mass is 35.5. The lowest BCUT2D eigenvalue weighted by Crippen LogP contribution is -2.45. The molecular weight excluding hydrogens is 410 g/mol. The van der Waals surface area contributed by atoms with Gasteiger partial charge in [0.25, 0.3) is 0 Å². The Kier molecular flexibility index (Phi) is 5.73. The minimum atomic E-state index is -0.540. The molecule has 2 heterocycles. The fourth-order valence-corrected chi connectivity index (χ4v) is 4.05. The zero-order valence-corrected chi connectivity index (χ0v) is 16.9. The van der Waals surface area contributed by atoms with E-state index < -0.39 is 6.04 Å². The number of aromatic nitrogens is 2. The first-order valence-corrected chi connectivity index (χ1v) is 10.3. The van der Waals surface area contributed by atoms with Gasteiger partial charge in [-0.3, -0.25) is 10.1 Å². The monoisotopic (exact) mass is 427 g/mol. The molecule has 9 heteroatoms. The van der Waals surface area contributed by atoms with Crippen LogP contribution in [0.15, 0.2) is 54.6 Å². The second-order valence-electron chi connectivity index (χ2n) is 6.56. The van der Waals surface area contributed by atoms with Crippen LogP contribution >= 0.6 is 22.9 Å². The topological polar surface area (TPSA) is 87.2 Å². The molecule has 4 rings (SSSR count). The first kappa shape index (κ1) is 19.4. The molecule has 1 unspecified atom stereocenters. The van der Waals surface area contributed by atoms with Crippen molar-refractivity contribution < 1.29 is 9.59 Å². The lowest BCUT2D eigenvalue weighted by Gasteiger charge is -2.23. The van der Waals surface area contributed by atoms with Crippen molar-refractivity contribution in [3.8, 4) is 10.6 Å². The van der Waals surface area contributed by atoms with Gasteiger partial charge in [0.15, 0.2) is 0 Å². The van der Waals surface area contributed by atoms with Gasteiger partial charge in [-0.1, -0.05) is 53.3 Å². The number of halogens is 1. The van der Waals surface area contributed by atoms with Gasteiger partial charge < -0.3 is 10.2 Å². The molecule has 1 atom stereocenters. The normalized spacial score (nSPS) is 15.9. The number of carbonyl (C=O) groups excluding carboxylic acids is 2. The Hall–Kier alpha value is -2.97. The molecule has 1 aliphatic heterocycles. The van der Waals surface area contributed by atoms with Crippen LogP contribution in [0.1, 0.15) is 12.8 Å². The van der Waals surface area contributed by atoms with E-state index in [4.69, 9.17) is 11.6 Å². The predicted molar refractivity (Wildman–Crippen MR) is 114 cm³/mol. The number of anilines is 2. The lowest BCUT2D eigenvalue weighted by atomic mass is 10.2. The average Bonchev–Trinajstić information content (AvgIpc) is 3.39. The Bertz CT molecular complexity index is 1010. The van der Waals surface area contributed by atoms with Gasteiger partial charge in [-0.15, -0.1) is 10.2 Å². The van der Waals surface area contributed by atoms with Gasteiger partial charge >= 0.3 is 6.03 Å². The Balaban J connectivity index is 1.41. The zero-order valence-electron chi connectivity index (χ0n) is 15.3. The van der Waals surface area contributed by atoms with Crippen LogP contribution in [0, 0.1) is 0 Å². The number of hydrogen-bond acceptors (Lipinski definition) is 5. The molecule has 1 aliphatic rings. The molecule has 1 aromatic heterocycles. The summed E-state index contributed by atoms with van der Waals surface area (Å²) in [5, 5.41) is 15.5. The molecule has 0 saturated carbocycles. The third-order valence-corrected chi connectivity index (χ3v) is 5.73. The molecule has 0 radical (unpaired) electrons. The van der Waals surface area contributed by atoms with Crippen LogP contribution in [-0.4, -0.2) is 39.6 Å². The molecule has 7 nitrogen and oxygen atoms in total. The number of likely N-dealkylation sites (tertiary alicyclic amines) is 1. The van der Waals surface area contributed by atoms with Crippen LogP contribution in [-0.2, 0) is 4.79 Å². The largest absolute Gasteiger partial charge is 0.322 e. The second-order valence-corrected chi connectivity index (χ2v) is 7.97. The quantitative estimate of drug-likeness (QED) is 0.642. The summed E-state index contributed by atoms with van der Waals surface area (Å²) in [7, 11) is 0. The number of nitrogens with one attached hydrogen (secondary N) is 2. The molecule has 29 heavy (non-hydrogen) atoms. The summed E-state index contributed by atoms with van der Waals surface area (Å²) in [6.45, 7) is 0.531. The molecule has 3 aromatic rings. The van der Waals surface area contributed by atoms with E-state index in [0.717, 1.165) is 12.0 Å². The van der Waals surface area contributed by atoms with Crippen LogP contribution < -0.4 is 10.6 Å². The first-order valence-electron chi connectivity index (χ1n) is 9.13. The molecule has 0 aliphatic carbocycles. The fourth-order valence-electron chi connectivity index (χ4n) is 3.17. The van der Waals surface area contributed by atoms with Gasteiger partial charge in [-0.05, 0) is 37.1 Å². The molecule has 1 saturated heterocycles. The van der Waals surface area contributed by atoms with E-state index in [9.17, 15) is 9.59 Å². The van der Waals surface area contributed by atoms with E-state index in [1.807, 2.05) is 42.5 Å². The minimum absolute atomic E-state index is 0.260. The number of benzene rings is 2. The van der Waals surface area contributed by atoms with Crippen molar-refractivity contribution in [1.29, 1.82) is 0 Å². The fraction of sp³-hybridized carbons (Fsp3) is 0.200. The maximum atomic E-state index is 12.8. The number of para-hydroxylation sites is 1. The third-order valence-electron chi connectivity index (χ3n) is 4.59. The van der Waals surface area contributed by atoms with Gasteiger partial charge in [0.1, 0.15) is 11.0 Å². The Morgan fingerprint density at radius 1 is 1.03 bits per heavy atom. The molecule has 0 spiro atoms. The van der Waals surface area contributed by atoms with Crippen molar-refractivity contribution in [2.45, 2.75) is 18.9 Å². The van der Waals surface area contributed by atoms with E-state index in [0.29, 0.717) is 33.8 Å². The molecule has 1 fully saturated rings. The maximum absolute atomic E-state index is 12.8. The Morgan fingerprint density at radius 2 is 1.79 bits per heavy atom. The van der Waals surface area contributed by atoms with Gasteiger partial charge in [-0.2, -0.15) is 0 Å². The van der Waals surface area contributed by atoms with Crippen molar-refractivity contribution in [3.63, 3.8) is 0 Å². The highest BCUT2D eigenvalue weighted by Crippen LogP contribution is 2.28. The van der Waals surface area contributed by atoms with E-state index in [-0.39, 0.29) is 11.9 Å². The smallest absolute Gasteiger partial charge is 0.312 e. The molecule has 2 aromatic carbocycles. The predicted octanol–water partition coefficient (Wildman–Crippen LogP) is 4.49. The molecule has 148 valence electrons. The number of urea groups is 1. The third kappa shape index (κ3) is 4.55. The number of carbonyl (C=O) groups is 2. The summed E-state index contributed by atoms with van der Waals surface area (Å²) < 4.78 is 0. The molecule has 2 N–H and O–H groups in total. The Morgan fingerprint density at radius 3 is 2.55 bits per heavy atom. The minimum Gasteiger partial charge on any atom is -0.312 e. The van der Waals surface area contributed by atoms with Crippen LogP contribution in [0.25, 0.3) is 10.6 Å². The molecular formula is C20H18ClN5O2S. The lowest BCUT2D eigenvalue weighted by molar-refractivity contribution is -0.119. The van der Waals surface area contributed by atoms with Gasteiger partial charge in [0.2, 0.25) is 11.0 Å². The summed E-state index contributed by atoms with van der Waals surface area (Å²) >= 11 is 7.18. The van der Waals surface area contributed by atoms with Crippen molar-refractivity contribution in [3.05, 3.63) is 59.6 Å². The van der Waals surface area contributed by atoms with Gasteiger partial charge in [-0.25, -0.2) is 4.79 Å². The van der Waals surface area contributed by atoms with Crippen molar-refractivity contribution in [2.75, 3.05) is 17.2 Å². The van der Waals surface area contributed by atoms with Crippen LogP contribution in [0.4, 0.5) is 15.6 Å². The second kappa shape index (κ2) is 8.59. The number of rotatable bonds is 4. The zero-order chi connectivity index (χ0) is 20.2. The summed E-state index contributed by atoms with van der Waals surface area (Å²) in [5.41, 5.74) is 1.57. The summed E-state index contributed by atoms with van der Waals surface area (Å²) in [5.74, 6) is -0.260. The molecule has 0 bridgehead atoms. The number of nitrogens with zero attached hydrogens (tertiary/aromatic N) is 3. The standard InChI is InChI=1S/C20H18ClN5O2S/c21-14-10-8-13(9-11-14)18-24-25-19(29-18)23-17(27)16-7-4-12-26(16)20(28)22-15-5-2-1-3-6-15/h1-3,5-6,8-11,16H,4,7,12H2,(H,22,28)(H,23,25,27). The summed E-state index contributed by atoms with van der Waals surface area (Å²) in [6, 6.07) is 15.6. The highest BCUT2D eigenvalue weighted by molar-refractivity contribution is 7.18. The number of amides is 3. The summed E-state index contributed by atoms with van der Waals surface area (Å²) in [4.78, 5) is 26.9. The van der Waals surface area contributed by atoms with E-state index in [1.165, 1.54) is 11.3 Å². The average molecular weight is 428 g/mol. The van der Waals surface area contributed by atoms with Crippen LogP contribution in [0.5, 0.6) is 0 Å². The SMILES string of the molecule is O=C(Nc1nnc(-c2ccc(Cl)cc2)s1)C1CCCN1C(=O)Nc1ccccc1. The highest BCUT2D eigenvalue weighted by Gasteiger charge is 2.34. The van der Waals surface area contributed by atoms with Crippen molar-refractivity contribution in [1.82, 2.24) is 15.1 Å². The van der Waals surface area contributed by atoms with Crippen LogP contribution in [0.3, 0.4) is 0 Å². The maximum Gasteiger partial charge on any atom is 0.322 e. The van der Waals surface area contributed by atoms with E-state index in [2.05, 4.69) is 20.8 Å². The van der Waals surface area contributed by atoms with Crippen molar-refractivity contribution in [2.24, 2.45) is 0 Å². The van der Waals surface area contributed by atoms with Crippen molar-refractivity contribution >= 4 is 45.7 Å². The van der Waals surface area contributed by atoms with Crippen LogP contribution in [0.2, 0.25) is 5.02 Å². The van der Waals surface area contributed by atoms with E-state index in [1.54, 1.807) is 17.0 Å².